The number of carbonyl (C=O) groups is 2. The first-order valence-corrected chi connectivity index (χ1v) is 13.0. The molecule has 3 heterocycles. The van der Waals surface area contributed by atoms with Crippen molar-refractivity contribution >= 4 is 29.3 Å². The van der Waals surface area contributed by atoms with Gasteiger partial charge in [-0.3, -0.25) is 9.69 Å². The predicted molar refractivity (Wildman–Crippen MR) is 149 cm³/mol. The van der Waals surface area contributed by atoms with Crippen LogP contribution in [0.5, 0.6) is 17.2 Å². The zero-order valence-electron chi connectivity index (χ0n) is 23.5. The van der Waals surface area contributed by atoms with Gasteiger partial charge in [-0.05, 0) is 63.6 Å². The average Bonchev–Trinajstić information content (AvgIpc) is 3.16. The quantitative estimate of drug-likeness (QED) is 0.451. The summed E-state index contributed by atoms with van der Waals surface area (Å²) in [6, 6.07) is 11.0. The van der Waals surface area contributed by atoms with Gasteiger partial charge in [0.15, 0.2) is 11.6 Å². The van der Waals surface area contributed by atoms with E-state index in [1.54, 1.807) is 14.2 Å². The number of nitrogens with one attached hydrogen (secondary N) is 1. The number of hydrogen-bond acceptors (Lipinski definition) is 9. The van der Waals surface area contributed by atoms with E-state index < -0.39 is 11.7 Å². The highest BCUT2D eigenvalue weighted by Gasteiger charge is 2.35. The summed E-state index contributed by atoms with van der Waals surface area (Å²) in [6.07, 6.45) is 0.872. The summed E-state index contributed by atoms with van der Waals surface area (Å²) in [6.45, 7) is 8.41. The van der Waals surface area contributed by atoms with Crippen molar-refractivity contribution in [2.24, 2.45) is 0 Å². The summed E-state index contributed by atoms with van der Waals surface area (Å²) >= 11 is 0. The number of anilines is 3. The van der Waals surface area contributed by atoms with E-state index in [1.165, 1.54) is 11.2 Å². The molecule has 2 aliphatic heterocycles. The maximum atomic E-state index is 13.3. The largest absolute Gasteiger partial charge is 0.497 e. The van der Waals surface area contributed by atoms with Gasteiger partial charge in [0.25, 0.3) is 5.91 Å². The lowest BCUT2D eigenvalue weighted by Gasteiger charge is -2.31. The second-order valence-corrected chi connectivity index (χ2v) is 10.6. The van der Waals surface area contributed by atoms with Crippen LogP contribution in [-0.4, -0.2) is 59.8 Å². The van der Waals surface area contributed by atoms with Crippen molar-refractivity contribution < 1.29 is 28.5 Å². The van der Waals surface area contributed by atoms with Crippen molar-refractivity contribution in [3.05, 3.63) is 59.4 Å². The van der Waals surface area contributed by atoms with Crippen molar-refractivity contribution in [3.8, 4) is 17.2 Å². The molecule has 1 aromatic heterocycles. The molecule has 11 heteroatoms. The Morgan fingerprint density at radius 3 is 2.65 bits per heavy atom. The summed E-state index contributed by atoms with van der Waals surface area (Å²) in [5.74, 6) is 2.40. The van der Waals surface area contributed by atoms with Crippen LogP contribution in [0.4, 0.5) is 22.1 Å². The normalized spacial score (nSPS) is 16.1. The predicted octanol–water partition coefficient (Wildman–Crippen LogP) is 5.09. The highest BCUT2D eigenvalue weighted by atomic mass is 16.6. The molecule has 1 unspecified atom stereocenters. The number of ether oxygens (including phenoxy) is 4. The first-order valence-electron chi connectivity index (χ1n) is 13.0. The molecule has 11 nitrogen and oxygen atoms in total. The third-order valence-electron chi connectivity index (χ3n) is 6.77. The fourth-order valence-electron chi connectivity index (χ4n) is 4.81. The Morgan fingerprint density at radius 1 is 1.12 bits per heavy atom. The van der Waals surface area contributed by atoms with Gasteiger partial charge in [0.1, 0.15) is 30.0 Å². The van der Waals surface area contributed by atoms with Crippen molar-refractivity contribution in [3.63, 3.8) is 0 Å². The number of hydrogen-bond donors (Lipinski definition) is 1. The molecule has 40 heavy (non-hydrogen) atoms. The van der Waals surface area contributed by atoms with Crippen LogP contribution in [0.3, 0.4) is 0 Å². The van der Waals surface area contributed by atoms with E-state index in [4.69, 9.17) is 18.9 Å². The maximum absolute atomic E-state index is 13.3. The SMILES string of the molecule is COc1ccc(CN2C(=O)c3ccc(Nc4ncnc5c4OCCN5C(=O)OC(C)(C)C)cc3C2C)c(OC)c1. The van der Waals surface area contributed by atoms with Crippen molar-refractivity contribution in [2.45, 2.75) is 45.9 Å². The smallest absolute Gasteiger partial charge is 0.416 e. The molecule has 0 radical (unpaired) electrons. The molecule has 0 bridgehead atoms. The van der Waals surface area contributed by atoms with Crippen LogP contribution in [0.15, 0.2) is 42.7 Å². The Morgan fingerprint density at radius 2 is 1.93 bits per heavy atom. The van der Waals surface area contributed by atoms with Gasteiger partial charge in [-0.1, -0.05) is 0 Å². The topological polar surface area (TPSA) is 115 Å². The number of benzene rings is 2. The summed E-state index contributed by atoms with van der Waals surface area (Å²) < 4.78 is 22.2. The Hall–Kier alpha value is -4.54. The van der Waals surface area contributed by atoms with Gasteiger partial charge in [-0.25, -0.2) is 14.8 Å². The molecule has 2 aromatic carbocycles. The van der Waals surface area contributed by atoms with Gasteiger partial charge in [0.05, 0.1) is 33.4 Å². The van der Waals surface area contributed by atoms with Crippen LogP contribution in [-0.2, 0) is 11.3 Å². The molecule has 2 aliphatic rings. The first kappa shape index (κ1) is 27.0. The minimum Gasteiger partial charge on any atom is -0.497 e. The summed E-state index contributed by atoms with van der Waals surface area (Å²) in [5, 5.41) is 3.28. The number of methoxy groups -OCH3 is 2. The Labute approximate surface area is 233 Å². The molecule has 0 aliphatic carbocycles. The standard InChI is InChI=1S/C29H33N5O6/c1-17-22-13-19(8-10-21(22)27(35)34(17)15-18-7-9-20(37-5)14-23(18)38-6)32-25-24-26(31-16-30-25)33(11-12-39-24)28(36)40-29(2,3)4/h7-10,13-14,16-17H,11-12,15H2,1-6H3,(H,30,31,32). The number of aromatic nitrogens is 2. The molecule has 0 saturated carbocycles. The lowest BCUT2D eigenvalue weighted by atomic mass is 10.0. The second kappa shape index (κ2) is 10.6. The van der Waals surface area contributed by atoms with Crippen molar-refractivity contribution in [1.82, 2.24) is 14.9 Å². The lowest BCUT2D eigenvalue weighted by Crippen LogP contribution is -2.42. The molecule has 0 fully saturated rings. The van der Waals surface area contributed by atoms with Gasteiger partial charge < -0.3 is 29.2 Å². The van der Waals surface area contributed by atoms with E-state index in [2.05, 4.69) is 15.3 Å². The Balaban J connectivity index is 1.38. The van der Waals surface area contributed by atoms with Crippen LogP contribution in [0.25, 0.3) is 0 Å². The van der Waals surface area contributed by atoms with E-state index in [0.717, 1.165) is 16.8 Å². The van der Waals surface area contributed by atoms with E-state index in [-0.39, 0.29) is 18.6 Å². The number of fused-ring (bicyclic) bond motifs is 2. The highest BCUT2D eigenvalue weighted by Crippen LogP contribution is 2.40. The Kier molecular flexibility index (Phi) is 7.14. The molecule has 3 aromatic rings. The fraction of sp³-hybridized carbons (Fsp3) is 0.379. The number of nitrogens with zero attached hydrogens (tertiary/aromatic N) is 4. The number of amides is 2. The Bertz CT molecular complexity index is 1450. The van der Waals surface area contributed by atoms with Crippen LogP contribution in [0.1, 0.15) is 55.2 Å². The molecule has 1 N–H and O–H groups in total. The molecular formula is C29H33N5O6. The zero-order chi connectivity index (χ0) is 28.6. The molecule has 0 spiro atoms. The van der Waals surface area contributed by atoms with Crippen LogP contribution in [0.2, 0.25) is 0 Å². The van der Waals surface area contributed by atoms with Gasteiger partial charge in [-0.2, -0.15) is 0 Å². The van der Waals surface area contributed by atoms with E-state index >= 15 is 0 Å². The molecule has 1 atom stereocenters. The highest BCUT2D eigenvalue weighted by molar-refractivity contribution is 6.00. The average molecular weight is 548 g/mol. The molecule has 0 saturated heterocycles. The first-order chi connectivity index (χ1) is 19.1. The fourth-order valence-corrected chi connectivity index (χ4v) is 4.81. The minimum absolute atomic E-state index is 0.0531. The lowest BCUT2D eigenvalue weighted by molar-refractivity contribution is 0.0565. The van der Waals surface area contributed by atoms with Gasteiger partial charge >= 0.3 is 6.09 Å². The molecule has 210 valence electrons. The van der Waals surface area contributed by atoms with E-state index in [1.807, 2.05) is 69.0 Å². The van der Waals surface area contributed by atoms with Crippen LogP contribution < -0.4 is 24.4 Å². The van der Waals surface area contributed by atoms with Crippen LogP contribution in [0, 0.1) is 0 Å². The molecular weight excluding hydrogens is 514 g/mol. The number of carbonyl (C=O) groups excluding carboxylic acids is 2. The van der Waals surface area contributed by atoms with E-state index in [9.17, 15) is 9.59 Å². The number of rotatable bonds is 6. The van der Waals surface area contributed by atoms with Gasteiger partial charge in [0.2, 0.25) is 5.75 Å². The second-order valence-electron chi connectivity index (χ2n) is 10.6. The third kappa shape index (κ3) is 5.18. The van der Waals surface area contributed by atoms with Gasteiger partial charge in [-0.15, -0.1) is 0 Å². The molecule has 2 amide bonds. The van der Waals surface area contributed by atoms with E-state index in [0.29, 0.717) is 47.5 Å². The minimum atomic E-state index is -0.644. The maximum Gasteiger partial charge on any atom is 0.416 e. The zero-order valence-corrected chi connectivity index (χ0v) is 23.5. The van der Waals surface area contributed by atoms with Crippen molar-refractivity contribution in [1.29, 1.82) is 0 Å². The summed E-state index contributed by atoms with van der Waals surface area (Å²) in [4.78, 5) is 38.0. The van der Waals surface area contributed by atoms with Gasteiger partial charge in [0, 0.05) is 22.9 Å². The molecule has 5 rings (SSSR count). The van der Waals surface area contributed by atoms with Crippen LogP contribution >= 0.6 is 0 Å². The summed E-state index contributed by atoms with van der Waals surface area (Å²) in [7, 11) is 3.20. The van der Waals surface area contributed by atoms with Crippen molar-refractivity contribution in [2.75, 3.05) is 37.6 Å². The summed E-state index contributed by atoms with van der Waals surface area (Å²) in [5.41, 5.74) is 2.49. The monoisotopic (exact) mass is 547 g/mol. The third-order valence-corrected chi connectivity index (χ3v) is 6.77.